The number of thiophene rings is 1. The maximum Gasteiger partial charge on any atom is 0.340 e. The third-order valence-electron chi connectivity index (χ3n) is 4.07. The van der Waals surface area contributed by atoms with E-state index in [2.05, 4.69) is 20.4 Å². The van der Waals surface area contributed by atoms with Gasteiger partial charge in [0.2, 0.25) is 11.8 Å². The van der Waals surface area contributed by atoms with Crippen molar-refractivity contribution >= 4 is 62.4 Å². The number of carbonyl (C=O) groups is 3. The number of nitrogens with zero attached hydrogens (tertiary/aromatic N) is 2. The van der Waals surface area contributed by atoms with E-state index in [9.17, 15) is 14.4 Å². The Morgan fingerprint density at radius 3 is 2.62 bits per heavy atom. The van der Waals surface area contributed by atoms with Gasteiger partial charge in [0.1, 0.15) is 10.3 Å². The number of hydrogen-bond donors (Lipinski definition) is 2. The number of amides is 2. The maximum atomic E-state index is 12.3. The predicted molar refractivity (Wildman–Crippen MR) is 116 cm³/mol. The van der Waals surface area contributed by atoms with E-state index in [-0.39, 0.29) is 23.8 Å². The van der Waals surface area contributed by atoms with Gasteiger partial charge >= 0.3 is 5.97 Å². The summed E-state index contributed by atoms with van der Waals surface area (Å²) in [5, 5.41) is 7.34. The van der Waals surface area contributed by atoms with Crippen LogP contribution < -0.4 is 15.5 Å². The Hall–Kier alpha value is -2.85. The van der Waals surface area contributed by atoms with Crippen molar-refractivity contribution in [1.82, 2.24) is 5.32 Å². The summed E-state index contributed by atoms with van der Waals surface area (Å²) in [6.45, 7) is 0. The summed E-state index contributed by atoms with van der Waals surface area (Å²) in [6.07, 6.45) is -0.0341. The minimum atomic E-state index is -0.587. The highest BCUT2D eigenvalue weighted by molar-refractivity contribution is 8.15. The Bertz CT molecular complexity index is 953. The van der Waals surface area contributed by atoms with Crippen molar-refractivity contribution in [3.05, 3.63) is 41.3 Å². The zero-order valence-electron chi connectivity index (χ0n) is 16.1. The largest absolute Gasteiger partial charge is 0.465 e. The summed E-state index contributed by atoms with van der Waals surface area (Å²) < 4.78 is 4.69. The number of thioether (sulfide) groups is 1. The number of hydrogen-bond acceptors (Lipinski definition) is 8. The van der Waals surface area contributed by atoms with Crippen LogP contribution in [0.4, 0.5) is 16.4 Å². The fourth-order valence-corrected chi connectivity index (χ4v) is 4.34. The summed E-state index contributed by atoms with van der Waals surface area (Å²) in [5.74, 6) is -1.15. The van der Waals surface area contributed by atoms with Crippen molar-refractivity contribution in [3.63, 3.8) is 0 Å². The van der Waals surface area contributed by atoms with E-state index < -0.39 is 11.2 Å². The number of anilines is 2. The third kappa shape index (κ3) is 5.15. The second-order valence-electron chi connectivity index (χ2n) is 6.33. The number of amidine groups is 1. The van der Waals surface area contributed by atoms with E-state index in [1.165, 1.54) is 30.2 Å². The second-order valence-corrected chi connectivity index (χ2v) is 8.44. The van der Waals surface area contributed by atoms with Crippen LogP contribution in [0.5, 0.6) is 0 Å². The van der Waals surface area contributed by atoms with E-state index in [1.54, 1.807) is 11.4 Å². The van der Waals surface area contributed by atoms with Gasteiger partial charge in [0.15, 0.2) is 5.17 Å². The molecule has 1 aromatic heterocycles. The molecule has 29 heavy (non-hydrogen) atoms. The standard InChI is InChI=1S/C19H20N4O4S2/c1-23(2)12-6-4-11(5-7-12)20-19-22-16(25)14(29-19)10-15(24)21-17-13(8-9-28-17)18(26)27-3/h4-9,14H,10H2,1-3H3,(H,21,24)(H,20,22,25). The van der Waals surface area contributed by atoms with Crippen LogP contribution in [0.1, 0.15) is 16.8 Å². The molecule has 1 fully saturated rings. The van der Waals surface area contributed by atoms with E-state index in [4.69, 9.17) is 0 Å². The Morgan fingerprint density at radius 2 is 1.97 bits per heavy atom. The quantitative estimate of drug-likeness (QED) is 0.681. The van der Waals surface area contributed by atoms with Gasteiger partial charge in [-0.05, 0) is 35.7 Å². The molecule has 0 radical (unpaired) electrons. The first-order chi connectivity index (χ1) is 13.9. The molecule has 152 valence electrons. The van der Waals surface area contributed by atoms with Gasteiger partial charge in [-0.25, -0.2) is 9.79 Å². The lowest BCUT2D eigenvalue weighted by atomic mass is 10.2. The maximum absolute atomic E-state index is 12.3. The Kier molecular flexibility index (Phi) is 6.55. The van der Waals surface area contributed by atoms with Crippen molar-refractivity contribution in [1.29, 1.82) is 0 Å². The van der Waals surface area contributed by atoms with Crippen LogP contribution in [0.3, 0.4) is 0 Å². The van der Waals surface area contributed by atoms with Crippen molar-refractivity contribution < 1.29 is 19.1 Å². The molecule has 1 saturated heterocycles. The Morgan fingerprint density at radius 1 is 1.24 bits per heavy atom. The monoisotopic (exact) mass is 432 g/mol. The van der Waals surface area contributed by atoms with Gasteiger partial charge in [-0.1, -0.05) is 11.8 Å². The van der Waals surface area contributed by atoms with Crippen LogP contribution in [0.25, 0.3) is 0 Å². The van der Waals surface area contributed by atoms with Crippen molar-refractivity contribution in [2.75, 3.05) is 31.4 Å². The molecule has 8 nitrogen and oxygen atoms in total. The molecule has 1 aromatic carbocycles. The van der Waals surface area contributed by atoms with E-state index in [1.807, 2.05) is 43.3 Å². The number of carbonyl (C=O) groups excluding carboxylic acids is 3. The smallest absolute Gasteiger partial charge is 0.340 e. The van der Waals surface area contributed by atoms with Crippen LogP contribution in [0.2, 0.25) is 0 Å². The van der Waals surface area contributed by atoms with E-state index in [0.29, 0.717) is 15.9 Å². The number of nitrogens with one attached hydrogen (secondary N) is 2. The molecule has 3 rings (SSSR count). The van der Waals surface area contributed by atoms with E-state index >= 15 is 0 Å². The molecule has 1 unspecified atom stereocenters. The van der Waals surface area contributed by atoms with Crippen LogP contribution >= 0.6 is 23.1 Å². The molecule has 10 heteroatoms. The van der Waals surface area contributed by atoms with Gasteiger partial charge < -0.3 is 20.3 Å². The summed E-state index contributed by atoms with van der Waals surface area (Å²) in [6, 6.07) is 9.17. The van der Waals surface area contributed by atoms with Gasteiger partial charge in [-0.2, -0.15) is 0 Å². The first-order valence-electron chi connectivity index (χ1n) is 8.66. The van der Waals surface area contributed by atoms with Gasteiger partial charge in [0.25, 0.3) is 0 Å². The lowest BCUT2D eigenvalue weighted by molar-refractivity contribution is -0.122. The van der Waals surface area contributed by atoms with Crippen LogP contribution in [0.15, 0.2) is 40.7 Å². The van der Waals surface area contributed by atoms with Gasteiger partial charge in [0, 0.05) is 26.2 Å². The molecule has 0 bridgehead atoms. The second kappa shape index (κ2) is 9.10. The zero-order valence-corrected chi connectivity index (χ0v) is 17.7. The number of benzene rings is 1. The molecule has 0 saturated carbocycles. The van der Waals surface area contributed by atoms with Gasteiger partial charge in [0.05, 0.1) is 18.4 Å². The summed E-state index contributed by atoms with van der Waals surface area (Å²) in [4.78, 5) is 42.7. The predicted octanol–water partition coefficient (Wildman–Crippen LogP) is 2.85. The first-order valence-corrected chi connectivity index (χ1v) is 10.4. The Balaban J connectivity index is 1.61. The Labute approximate surface area is 176 Å². The fourth-order valence-electron chi connectivity index (χ4n) is 2.56. The molecule has 2 aromatic rings. The highest BCUT2D eigenvalue weighted by Gasteiger charge is 2.32. The molecule has 2 N–H and O–H groups in total. The number of rotatable bonds is 6. The molecule has 1 aliphatic heterocycles. The highest BCUT2D eigenvalue weighted by atomic mass is 32.2. The van der Waals surface area contributed by atoms with Crippen LogP contribution in [-0.2, 0) is 14.3 Å². The molecule has 1 aliphatic rings. The number of aliphatic imine (C=N–C) groups is 1. The van der Waals surface area contributed by atoms with Gasteiger partial charge in [-0.15, -0.1) is 11.3 Å². The molecule has 2 amide bonds. The van der Waals surface area contributed by atoms with Gasteiger partial charge in [-0.3, -0.25) is 9.59 Å². The fraction of sp³-hybridized carbons (Fsp3) is 0.263. The lowest BCUT2D eigenvalue weighted by Gasteiger charge is -2.11. The van der Waals surface area contributed by atoms with Crippen LogP contribution in [0, 0.1) is 0 Å². The average molecular weight is 433 g/mol. The molecule has 2 heterocycles. The molecule has 0 aliphatic carbocycles. The lowest BCUT2D eigenvalue weighted by Crippen LogP contribution is -2.28. The first kappa shape index (κ1) is 20.9. The molecule has 0 spiro atoms. The zero-order chi connectivity index (χ0) is 21.0. The van der Waals surface area contributed by atoms with E-state index in [0.717, 1.165) is 5.69 Å². The molecule has 1 atom stereocenters. The molecular weight excluding hydrogens is 412 g/mol. The van der Waals surface area contributed by atoms with Crippen molar-refractivity contribution in [3.8, 4) is 0 Å². The average Bonchev–Trinajstić information content (AvgIpc) is 3.28. The summed E-state index contributed by atoms with van der Waals surface area (Å²) in [5.41, 5.74) is 2.05. The summed E-state index contributed by atoms with van der Waals surface area (Å²) >= 11 is 2.43. The topological polar surface area (TPSA) is 100 Å². The molecular formula is C19H20N4O4S2. The minimum Gasteiger partial charge on any atom is -0.465 e. The summed E-state index contributed by atoms with van der Waals surface area (Å²) in [7, 11) is 5.18. The van der Waals surface area contributed by atoms with Crippen LogP contribution in [-0.4, -0.2) is 49.4 Å². The van der Waals surface area contributed by atoms with Crippen molar-refractivity contribution in [2.45, 2.75) is 11.7 Å². The number of esters is 1. The third-order valence-corrected chi connectivity index (χ3v) is 5.98. The normalized spacial score (nSPS) is 17.1. The highest BCUT2D eigenvalue weighted by Crippen LogP contribution is 2.28. The number of ether oxygens (including phenoxy) is 1. The minimum absolute atomic E-state index is 0.0341. The number of methoxy groups -OCH3 is 1. The van der Waals surface area contributed by atoms with Crippen molar-refractivity contribution in [2.24, 2.45) is 4.99 Å². The SMILES string of the molecule is COC(=O)c1ccsc1NC(=O)CC1SC(=Nc2ccc(N(C)C)cc2)NC1=O.